The van der Waals surface area contributed by atoms with Crippen LogP contribution in [0, 0.1) is 0 Å². The van der Waals surface area contributed by atoms with Crippen molar-refractivity contribution in [2.75, 3.05) is 26.4 Å². The van der Waals surface area contributed by atoms with E-state index in [-0.39, 0.29) is 18.5 Å². The van der Waals surface area contributed by atoms with E-state index in [4.69, 9.17) is 33.5 Å². The van der Waals surface area contributed by atoms with Gasteiger partial charge in [-0.15, -0.1) is 0 Å². The van der Waals surface area contributed by atoms with Gasteiger partial charge in [-0.25, -0.2) is 14.4 Å². The highest BCUT2D eigenvalue weighted by molar-refractivity contribution is 5.91. The molecular weight excluding hydrogens is 712 g/mol. The predicted molar refractivity (Wildman–Crippen MR) is 213 cm³/mol. The second kappa shape index (κ2) is 21.9. The first-order valence-electron chi connectivity index (χ1n) is 19.2. The van der Waals surface area contributed by atoms with Crippen molar-refractivity contribution in [2.24, 2.45) is 0 Å². The molecule has 10 heteroatoms. The highest BCUT2D eigenvalue weighted by Gasteiger charge is 2.27. The van der Waals surface area contributed by atoms with Crippen LogP contribution in [0.2, 0.25) is 0 Å². The third-order valence-corrected chi connectivity index (χ3v) is 9.31. The van der Waals surface area contributed by atoms with Gasteiger partial charge in [0.15, 0.2) is 5.75 Å². The molecule has 0 radical (unpaired) electrons. The second-order valence-corrected chi connectivity index (χ2v) is 13.4. The van der Waals surface area contributed by atoms with Crippen LogP contribution in [0.5, 0.6) is 23.0 Å². The summed E-state index contributed by atoms with van der Waals surface area (Å²) in [4.78, 5) is 46.4. The van der Waals surface area contributed by atoms with Gasteiger partial charge in [-0.1, -0.05) is 44.3 Å². The van der Waals surface area contributed by atoms with Crippen LogP contribution in [0.4, 0.5) is 0 Å². The van der Waals surface area contributed by atoms with Gasteiger partial charge in [-0.3, -0.25) is 0 Å². The summed E-state index contributed by atoms with van der Waals surface area (Å²) in [6, 6.07) is 26.3. The number of hydrogen-bond acceptors (Lipinski definition) is 10. The topological polar surface area (TPSA) is 116 Å². The van der Waals surface area contributed by atoms with Crippen molar-refractivity contribution in [2.45, 2.75) is 70.8 Å². The lowest BCUT2D eigenvalue weighted by Crippen LogP contribution is -2.09. The molecule has 0 aliphatic heterocycles. The Morgan fingerprint density at radius 1 is 0.571 bits per heavy atom. The van der Waals surface area contributed by atoms with E-state index in [1.54, 1.807) is 24.3 Å². The Morgan fingerprint density at radius 2 is 1.04 bits per heavy atom. The second-order valence-electron chi connectivity index (χ2n) is 13.4. The van der Waals surface area contributed by atoms with Crippen LogP contribution in [0.1, 0.15) is 91.3 Å². The van der Waals surface area contributed by atoms with E-state index >= 15 is 0 Å². The van der Waals surface area contributed by atoms with Crippen LogP contribution in [-0.4, -0.2) is 44.3 Å². The number of ether oxygens (including phenoxy) is 5. The minimum atomic E-state index is -0.444. The van der Waals surface area contributed by atoms with E-state index in [2.05, 4.69) is 20.1 Å². The third-order valence-electron chi connectivity index (χ3n) is 9.31. The predicted octanol–water partition coefficient (Wildman–Crippen LogP) is 9.89. The Morgan fingerprint density at radius 3 is 1.57 bits per heavy atom. The molecule has 0 amide bonds. The molecule has 4 aromatic carbocycles. The summed E-state index contributed by atoms with van der Waals surface area (Å²) in [6.45, 7) is 11.1. The van der Waals surface area contributed by atoms with E-state index < -0.39 is 11.9 Å². The van der Waals surface area contributed by atoms with Crippen LogP contribution < -0.4 is 19.1 Å². The monoisotopic (exact) mass is 762 g/mol. The number of esters is 3. The van der Waals surface area contributed by atoms with Crippen LogP contribution in [-0.2, 0) is 30.6 Å². The number of hydrogen-bond donors (Lipinski definition) is 0. The molecule has 0 saturated heterocycles. The van der Waals surface area contributed by atoms with Gasteiger partial charge in [-0.2, -0.15) is 4.89 Å². The molecule has 1 aliphatic rings. The van der Waals surface area contributed by atoms with Crippen molar-refractivity contribution in [3.63, 3.8) is 0 Å². The molecule has 0 heterocycles. The van der Waals surface area contributed by atoms with Crippen LogP contribution in [0.25, 0.3) is 11.1 Å². The van der Waals surface area contributed by atoms with Crippen molar-refractivity contribution in [1.82, 2.24) is 0 Å². The van der Waals surface area contributed by atoms with Gasteiger partial charge < -0.3 is 28.6 Å². The number of rotatable bonds is 24. The van der Waals surface area contributed by atoms with Crippen molar-refractivity contribution >= 4 is 17.9 Å². The normalized spacial score (nSPS) is 12.5. The zero-order valence-electron chi connectivity index (χ0n) is 32.0. The number of unbranched alkanes of at least 4 members (excludes halogenated alkanes) is 6. The first-order chi connectivity index (χ1) is 27.3. The zero-order chi connectivity index (χ0) is 39.5. The standard InChI is InChI=1S/C46H50O10/c1-4-44(47)52-28-12-8-6-10-26-50-36-18-14-34(15-19-36)32-54-56-39-23-25-41-40-24-22-38(30-42(40)33(3)43(41)31-39)55-46(49)35-16-20-37(21-17-35)51-27-11-7-9-13-29-53-45(48)5-2/h4-5,14-25,30-31,33H,1-2,6-13,26-29,32H2,3H3. The molecule has 0 spiro atoms. The number of fused-ring (bicyclic) bond motifs is 3. The summed E-state index contributed by atoms with van der Waals surface area (Å²) in [5.41, 5.74) is 5.74. The van der Waals surface area contributed by atoms with E-state index in [9.17, 15) is 14.4 Å². The van der Waals surface area contributed by atoms with Gasteiger partial charge in [0, 0.05) is 18.1 Å². The van der Waals surface area contributed by atoms with Gasteiger partial charge >= 0.3 is 17.9 Å². The number of carbonyl (C=O) groups is 3. The number of carbonyl (C=O) groups excluding carboxylic acids is 3. The summed E-state index contributed by atoms with van der Waals surface area (Å²) < 4.78 is 27.4. The van der Waals surface area contributed by atoms with E-state index in [0.717, 1.165) is 84.9 Å². The number of benzene rings is 4. The Labute approximate surface area is 328 Å². The molecule has 0 saturated carbocycles. The van der Waals surface area contributed by atoms with Crippen LogP contribution in [0.3, 0.4) is 0 Å². The molecule has 56 heavy (non-hydrogen) atoms. The molecule has 10 nitrogen and oxygen atoms in total. The smallest absolute Gasteiger partial charge is 0.343 e. The van der Waals surface area contributed by atoms with Crippen LogP contribution >= 0.6 is 0 Å². The van der Waals surface area contributed by atoms with Gasteiger partial charge in [0.05, 0.1) is 32.0 Å². The highest BCUT2D eigenvalue weighted by atomic mass is 17.2. The maximum atomic E-state index is 13.0. The van der Waals surface area contributed by atoms with Crippen molar-refractivity contribution in [3.05, 3.63) is 132 Å². The molecule has 0 aromatic heterocycles. The summed E-state index contributed by atoms with van der Waals surface area (Å²) in [6.07, 6.45) is 9.63. The quantitative estimate of drug-likeness (QED) is 0.0171. The summed E-state index contributed by atoms with van der Waals surface area (Å²) in [7, 11) is 0. The summed E-state index contributed by atoms with van der Waals surface area (Å²) in [5.74, 6) is 1.39. The zero-order valence-corrected chi connectivity index (χ0v) is 32.0. The molecule has 0 N–H and O–H groups in total. The van der Waals surface area contributed by atoms with Crippen molar-refractivity contribution in [3.8, 4) is 34.1 Å². The van der Waals surface area contributed by atoms with Gasteiger partial charge in [0.1, 0.15) is 23.9 Å². The van der Waals surface area contributed by atoms with E-state index in [0.29, 0.717) is 49.2 Å². The van der Waals surface area contributed by atoms with Gasteiger partial charge in [-0.05, 0) is 140 Å². The minimum Gasteiger partial charge on any atom is -0.494 e. The minimum absolute atomic E-state index is 0.0583. The fourth-order valence-corrected chi connectivity index (χ4v) is 6.23. The fourth-order valence-electron chi connectivity index (χ4n) is 6.23. The fraction of sp³-hybridized carbons (Fsp3) is 0.326. The molecule has 1 aliphatic carbocycles. The van der Waals surface area contributed by atoms with E-state index in [1.165, 1.54) is 12.2 Å². The maximum absolute atomic E-state index is 13.0. The lowest BCUT2D eigenvalue weighted by Gasteiger charge is -2.11. The average Bonchev–Trinajstić information content (AvgIpc) is 3.50. The Balaban J connectivity index is 1.01. The Hall–Kier alpha value is -5.87. The van der Waals surface area contributed by atoms with Gasteiger partial charge in [0.2, 0.25) is 0 Å². The maximum Gasteiger partial charge on any atom is 0.343 e. The molecular formula is C46H50O10. The largest absolute Gasteiger partial charge is 0.494 e. The molecule has 4 aromatic rings. The molecule has 0 fully saturated rings. The summed E-state index contributed by atoms with van der Waals surface area (Å²) >= 11 is 0. The molecule has 5 rings (SSSR count). The SMILES string of the molecule is C=CC(=O)OCCCCCCOc1ccc(COOc2ccc3c(c2)C(C)c2cc(OC(=O)c4ccc(OCCCCCCOC(=O)C=C)cc4)ccc2-3)cc1. The third kappa shape index (κ3) is 12.6. The first-order valence-corrected chi connectivity index (χ1v) is 19.2. The lowest BCUT2D eigenvalue weighted by atomic mass is 9.99. The Kier molecular flexibility index (Phi) is 16.1. The van der Waals surface area contributed by atoms with E-state index in [1.807, 2.05) is 60.7 Å². The summed E-state index contributed by atoms with van der Waals surface area (Å²) in [5, 5.41) is 0. The lowest BCUT2D eigenvalue weighted by molar-refractivity contribution is -0.217. The molecule has 0 bridgehead atoms. The Bertz CT molecular complexity index is 1920. The highest BCUT2D eigenvalue weighted by Crippen LogP contribution is 2.47. The molecule has 1 atom stereocenters. The van der Waals surface area contributed by atoms with Crippen molar-refractivity contribution < 1.29 is 47.8 Å². The molecule has 294 valence electrons. The first kappa shape index (κ1) is 41.3. The van der Waals surface area contributed by atoms with Gasteiger partial charge in [0.25, 0.3) is 0 Å². The van der Waals surface area contributed by atoms with Crippen molar-refractivity contribution in [1.29, 1.82) is 0 Å². The molecule has 1 unspecified atom stereocenters. The average molecular weight is 763 g/mol. The van der Waals surface area contributed by atoms with Crippen LogP contribution in [0.15, 0.2) is 110 Å².